The minimum atomic E-state index is -0.568. The number of aryl methyl sites for hydroxylation is 2. The first-order chi connectivity index (χ1) is 26.5. The Kier molecular flexibility index (Phi) is 14.9. The summed E-state index contributed by atoms with van der Waals surface area (Å²) in [5.74, 6) is 0. The van der Waals surface area contributed by atoms with E-state index in [1.165, 1.54) is 22.3 Å². The van der Waals surface area contributed by atoms with Crippen molar-refractivity contribution in [2.24, 2.45) is 0 Å². The predicted octanol–water partition coefficient (Wildman–Crippen LogP) is 7.09. The van der Waals surface area contributed by atoms with Crippen molar-refractivity contribution in [3.05, 3.63) is 173 Å². The molecule has 3 N–H and O–H groups in total. The van der Waals surface area contributed by atoms with E-state index in [1.54, 1.807) is 33.3 Å². The van der Waals surface area contributed by atoms with Gasteiger partial charge in [0.2, 0.25) is 0 Å². The van der Waals surface area contributed by atoms with Crippen molar-refractivity contribution in [3.63, 3.8) is 0 Å². The standard InChI is InChI=1S/C21H28N2O3.C16H18N2.C8H9N3/c1-15-10-17(11-18(14-24)23-20(25)26-21(2,3)4)13-22-19(15)12-16-8-6-5-7-9-16;1-12-7-15(8-13-5-3-2-4-6-13)17-10-14(12)9-16-11-18-16;1-2-5-10(4-1)8-11-6-3-9-7-11/h5-10,13,18,24H,11-12,14H2,1-4H3,(H,23,25);2-7,10,16,18H,8-9,11H2,1H3;1-7H,8H2. The van der Waals surface area contributed by atoms with Gasteiger partial charge >= 0.3 is 6.09 Å². The lowest BCUT2D eigenvalue weighted by molar-refractivity contribution is 0.0482. The molecular weight excluding hydrogens is 687 g/mol. The SMILES string of the molecule is Cc1cc(CC(CO)NC(=O)OC(C)(C)C)cnc1Cc1ccccc1.Cc1cc(Cc2ccccc2)ncc1CC1CN1.c1ccn(Cn2ccnc2)c1. The second-order valence-electron chi connectivity index (χ2n) is 15.0. The number of hydrogen-bond donors (Lipinski definition) is 3. The van der Waals surface area contributed by atoms with Crippen LogP contribution in [0.25, 0.3) is 0 Å². The van der Waals surface area contributed by atoms with E-state index in [0.29, 0.717) is 12.5 Å². The minimum Gasteiger partial charge on any atom is -0.444 e. The summed E-state index contributed by atoms with van der Waals surface area (Å²) >= 11 is 0. The second kappa shape index (κ2) is 20.2. The number of benzene rings is 2. The molecule has 2 atom stereocenters. The van der Waals surface area contributed by atoms with Crippen molar-refractivity contribution in [1.82, 2.24) is 34.7 Å². The molecule has 5 heterocycles. The maximum Gasteiger partial charge on any atom is 0.407 e. The number of carbonyl (C=O) groups is 1. The Hall–Kier alpha value is -5.58. The zero-order chi connectivity index (χ0) is 39.0. The maximum absolute atomic E-state index is 11.9. The maximum atomic E-state index is 11.9. The predicted molar refractivity (Wildman–Crippen MR) is 218 cm³/mol. The zero-order valence-electron chi connectivity index (χ0n) is 32.7. The number of carbonyl (C=O) groups excluding carboxylic acids is 1. The van der Waals surface area contributed by atoms with Crippen LogP contribution in [-0.4, -0.2) is 66.1 Å². The van der Waals surface area contributed by atoms with Crippen LogP contribution in [0.5, 0.6) is 0 Å². The van der Waals surface area contributed by atoms with Gasteiger partial charge in [0, 0.05) is 74.0 Å². The molecule has 7 rings (SSSR count). The topological polar surface area (TPSA) is 129 Å². The molecule has 0 spiro atoms. The first-order valence-electron chi connectivity index (χ1n) is 18.9. The molecule has 0 bridgehead atoms. The molecule has 1 aliphatic heterocycles. The molecule has 1 aliphatic rings. The molecule has 55 heavy (non-hydrogen) atoms. The average molecular weight is 742 g/mol. The molecule has 288 valence electrons. The van der Waals surface area contributed by atoms with Crippen LogP contribution < -0.4 is 10.6 Å². The number of aromatic nitrogens is 5. The van der Waals surface area contributed by atoms with Gasteiger partial charge < -0.3 is 29.6 Å². The minimum absolute atomic E-state index is 0.163. The molecule has 2 unspecified atom stereocenters. The number of imidazole rings is 1. The Morgan fingerprint density at radius 2 is 1.55 bits per heavy atom. The molecule has 10 nitrogen and oxygen atoms in total. The average Bonchev–Trinajstić information content (AvgIpc) is 3.55. The van der Waals surface area contributed by atoms with E-state index in [9.17, 15) is 9.90 Å². The highest BCUT2D eigenvalue weighted by molar-refractivity contribution is 5.68. The molecule has 0 aliphatic carbocycles. The van der Waals surface area contributed by atoms with Gasteiger partial charge in [-0.3, -0.25) is 9.97 Å². The van der Waals surface area contributed by atoms with Gasteiger partial charge in [0.25, 0.3) is 0 Å². The van der Waals surface area contributed by atoms with E-state index in [-0.39, 0.29) is 6.61 Å². The van der Waals surface area contributed by atoms with Gasteiger partial charge in [0.1, 0.15) is 5.60 Å². The van der Waals surface area contributed by atoms with Crippen molar-refractivity contribution in [3.8, 4) is 0 Å². The van der Waals surface area contributed by atoms with E-state index in [0.717, 1.165) is 55.0 Å². The third kappa shape index (κ3) is 14.6. The van der Waals surface area contributed by atoms with Crippen LogP contribution >= 0.6 is 0 Å². The van der Waals surface area contributed by atoms with Crippen molar-refractivity contribution in [2.75, 3.05) is 13.2 Å². The van der Waals surface area contributed by atoms with Crippen molar-refractivity contribution in [1.29, 1.82) is 0 Å². The van der Waals surface area contributed by atoms with Crippen molar-refractivity contribution >= 4 is 6.09 Å². The Morgan fingerprint density at radius 1 is 0.873 bits per heavy atom. The highest BCUT2D eigenvalue weighted by Gasteiger charge is 2.21. The summed E-state index contributed by atoms with van der Waals surface area (Å²) in [7, 11) is 0. The fourth-order valence-electron chi connectivity index (χ4n) is 5.94. The van der Waals surface area contributed by atoms with Crippen LogP contribution in [0.2, 0.25) is 0 Å². The van der Waals surface area contributed by atoms with Gasteiger partial charge in [0.05, 0.1) is 25.6 Å². The molecule has 2 aromatic carbocycles. The number of pyridine rings is 2. The first kappa shape index (κ1) is 40.6. The number of aliphatic hydroxyl groups excluding tert-OH is 1. The summed E-state index contributed by atoms with van der Waals surface area (Å²) in [6, 6.07) is 29.3. The van der Waals surface area contributed by atoms with Crippen LogP contribution in [-0.2, 0) is 37.1 Å². The van der Waals surface area contributed by atoms with Crippen LogP contribution in [0.4, 0.5) is 4.79 Å². The van der Waals surface area contributed by atoms with Gasteiger partial charge in [-0.2, -0.15) is 0 Å². The van der Waals surface area contributed by atoms with Gasteiger partial charge in [-0.05, 0) is 99.0 Å². The van der Waals surface area contributed by atoms with Gasteiger partial charge in [-0.1, -0.05) is 66.7 Å². The Labute approximate surface area is 325 Å². The summed E-state index contributed by atoms with van der Waals surface area (Å²) in [5, 5.41) is 15.6. The number of aliphatic hydroxyl groups is 1. The summed E-state index contributed by atoms with van der Waals surface area (Å²) in [5.41, 5.74) is 8.96. The van der Waals surface area contributed by atoms with Crippen LogP contribution in [0.15, 0.2) is 128 Å². The quantitative estimate of drug-likeness (QED) is 0.114. The largest absolute Gasteiger partial charge is 0.444 e. The summed E-state index contributed by atoms with van der Waals surface area (Å²) in [6.45, 7) is 11.5. The van der Waals surface area contributed by atoms with Crippen LogP contribution in [0, 0.1) is 13.8 Å². The lowest BCUT2D eigenvalue weighted by atomic mass is 10.0. The van der Waals surface area contributed by atoms with Crippen LogP contribution in [0.1, 0.15) is 65.5 Å². The van der Waals surface area contributed by atoms with E-state index in [1.807, 2.05) is 78.9 Å². The number of rotatable bonds is 12. The van der Waals surface area contributed by atoms with Gasteiger partial charge in [0.15, 0.2) is 0 Å². The summed E-state index contributed by atoms with van der Waals surface area (Å²) in [6.07, 6.45) is 16.2. The summed E-state index contributed by atoms with van der Waals surface area (Å²) < 4.78 is 9.34. The van der Waals surface area contributed by atoms with E-state index >= 15 is 0 Å². The molecule has 1 saturated heterocycles. The number of ether oxygens (including phenoxy) is 1. The Balaban J connectivity index is 0.000000172. The molecule has 0 radical (unpaired) electrons. The number of nitrogens with one attached hydrogen (secondary N) is 2. The molecule has 1 fully saturated rings. The number of nitrogens with zero attached hydrogens (tertiary/aromatic N) is 5. The molecule has 1 amide bonds. The highest BCUT2D eigenvalue weighted by Crippen LogP contribution is 2.17. The van der Waals surface area contributed by atoms with Crippen molar-refractivity contribution in [2.45, 2.75) is 84.7 Å². The highest BCUT2D eigenvalue weighted by atomic mass is 16.6. The lowest BCUT2D eigenvalue weighted by Crippen LogP contribution is -2.42. The fourth-order valence-corrected chi connectivity index (χ4v) is 5.94. The van der Waals surface area contributed by atoms with Crippen molar-refractivity contribution < 1.29 is 14.6 Å². The number of alkyl carbamates (subject to hydrolysis) is 1. The fraction of sp³-hybridized carbons (Fsp3) is 0.333. The van der Waals surface area contributed by atoms with E-state index < -0.39 is 17.7 Å². The van der Waals surface area contributed by atoms with E-state index in [2.05, 4.69) is 85.6 Å². The molecular formula is C45H55N7O3. The molecule has 0 saturated carbocycles. The molecule has 6 aromatic rings. The molecule has 10 heteroatoms. The third-order valence-electron chi connectivity index (χ3n) is 8.90. The van der Waals surface area contributed by atoms with Crippen LogP contribution in [0.3, 0.4) is 0 Å². The van der Waals surface area contributed by atoms with Gasteiger partial charge in [-0.15, -0.1) is 0 Å². The lowest BCUT2D eigenvalue weighted by Gasteiger charge is -2.23. The number of hydrogen-bond acceptors (Lipinski definition) is 7. The first-order valence-corrected chi connectivity index (χ1v) is 18.9. The Morgan fingerprint density at radius 3 is 2.11 bits per heavy atom. The normalized spacial score (nSPS) is 13.7. The Bertz CT molecular complexity index is 1970. The molecule has 4 aromatic heterocycles. The smallest absolute Gasteiger partial charge is 0.407 e. The number of amides is 1. The third-order valence-corrected chi connectivity index (χ3v) is 8.90. The van der Waals surface area contributed by atoms with E-state index in [4.69, 9.17) is 4.74 Å². The van der Waals surface area contributed by atoms with Gasteiger partial charge in [-0.25, -0.2) is 9.78 Å². The zero-order valence-corrected chi connectivity index (χ0v) is 32.7. The summed E-state index contributed by atoms with van der Waals surface area (Å²) in [4.78, 5) is 25.0. The second-order valence-corrected chi connectivity index (χ2v) is 15.0. The monoisotopic (exact) mass is 741 g/mol.